The minimum absolute atomic E-state index is 0.00702. The predicted molar refractivity (Wildman–Crippen MR) is 120 cm³/mol. The molecular formula is C25H27F3N2O6. The molecule has 0 bridgehead atoms. The number of anilines is 1. The summed E-state index contributed by atoms with van der Waals surface area (Å²) in [4.78, 5) is 37.6. The number of Topliss-reactive ketones (excluding diaryl/α,β-unsaturated/α-hetero) is 1. The Balaban J connectivity index is 1.47. The summed E-state index contributed by atoms with van der Waals surface area (Å²) in [5.74, 6) is -2.74. The van der Waals surface area contributed by atoms with Gasteiger partial charge in [-0.05, 0) is 43.2 Å². The molecule has 2 atom stereocenters. The number of methoxy groups -OCH3 is 1. The van der Waals surface area contributed by atoms with Gasteiger partial charge in [0, 0.05) is 18.9 Å². The summed E-state index contributed by atoms with van der Waals surface area (Å²) in [7, 11) is 1.19. The Morgan fingerprint density at radius 3 is 2.64 bits per heavy atom. The third-order valence-corrected chi connectivity index (χ3v) is 7.07. The molecule has 11 heteroatoms. The Morgan fingerprint density at radius 2 is 2.00 bits per heavy atom. The van der Waals surface area contributed by atoms with Gasteiger partial charge in [0.2, 0.25) is 0 Å². The first-order chi connectivity index (χ1) is 17.2. The molecule has 2 aliphatic rings. The van der Waals surface area contributed by atoms with Crippen molar-refractivity contribution in [3.05, 3.63) is 47.0 Å². The van der Waals surface area contributed by atoms with Gasteiger partial charge >= 0.3 is 12.1 Å². The van der Waals surface area contributed by atoms with Gasteiger partial charge in [-0.3, -0.25) is 14.9 Å². The summed E-state index contributed by atoms with van der Waals surface area (Å²) < 4.78 is 55.5. The molecule has 1 aliphatic heterocycles. The SMILES string of the molecule is COC(=O)Nc1cc(CC2C(=O)CC(CCc3ccc(C(F)F)c(F)c3)(C3CCCC3)OC2=O)on1. The van der Waals surface area contributed by atoms with E-state index >= 15 is 0 Å². The monoisotopic (exact) mass is 508 g/mol. The zero-order valence-electron chi connectivity index (χ0n) is 19.7. The molecule has 194 valence electrons. The quantitative estimate of drug-likeness (QED) is 0.387. The molecule has 0 spiro atoms. The van der Waals surface area contributed by atoms with Crippen LogP contribution in [-0.4, -0.2) is 35.7 Å². The minimum atomic E-state index is -2.91. The standard InChI is InChI=1S/C25H27F3N2O6/c1-34-24(33)29-21-12-16(36-30-21)11-18-20(31)13-25(35-23(18)32,15-4-2-3-5-15)9-8-14-6-7-17(22(27)28)19(26)10-14/h6-7,10,12,15,18,22H,2-5,8-9,11,13H2,1H3,(H,29,30,33). The number of ether oxygens (including phenoxy) is 2. The van der Waals surface area contributed by atoms with Crippen LogP contribution in [0.1, 0.15) is 61.8 Å². The van der Waals surface area contributed by atoms with Crippen LogP contribution in [-0.2, 0) is 31.9 Å². The zero-order chi connectivity index (χ0) is 25.9. The smallest absolute Gasteiger partial charge is 0.412 e. The van der Waals surface area contributed by atoms with E-state index in [9.17, 15) is 27.6 Å². The van der Waals surface area contributed by atoms with Crippen LogP contribution in [0.5, 0.6) is 0 Å². The highest BCUT2D eigenvalue weighted by Crippen LogP contribution is 2.45. The maximum absolute atomic E-state index is 14.1. The summed E-state index contributed by atoms with van der Waals surface area (Å²) in [6.07, 6.45) is 0.339. The summed E-state index contributed by atoms with van der Waals surface area (Å²) in [5, 5.41) is 6.00. The molecule has 1 aromatic heterocycles. The van der Waals surface area contributed by atoms with Crippen molar-refractivity contribution in [3.63, 3.8) is 0 Å². The zero-order valence-corrected chi connectivity index (χ0v) is 19.7. The molecule has 8 nitrogen and oxygen atoms in total. The van der Waals surface area contributed by atoms with E-state index in [1.165, 1.54) is 19.2 Å². The molecule has 1 saturated carbocycles. The number of esters is 1. The van der Waals surface area contributed by atoms with Crippen LogP contribution >= 0.6 is 0 Å². The van der Waals surface area contributed by atoms with E-state index in [-0.39, 0.29) is 49.0 Å². The number of cyclic esters (lactones) is 1. The van der Waals surface area contributed by atoms with E-state index in [4.69, 9.17) is 9.26 Å². The highest BCUT2D eigenvalue weighted by molar-refractivity contribution is 6.01. The van der Waals surface area contributed by atoms with Crippen molar-refractivity contribution in [2.24, 2.45) is 11.8 Å². The van der Waals surface area contributed by atoms with Gasteiger partial charge in [-0.25, -0.2) is 18.0 Å². The Kier molecular flexibility index (Phi) is 7.65. The maximum atomic E-state index is 14.1. The lowest BCUT2D eigenvalue weighted by atomic mass is 9.73. The second-order valence-electron chi connectivity index (χ2n) is 9.32. The molecule has 2 aromatic rings. The first kappa shape index (κ1) is 25.7. The number of aryl methyl sites for hydroxylation is 1. The molecule has 2 heterocycles. The normalized spacial score (nSPS) is 22.6. The number of nitrogens with zero attached hydrogens (tertiary/aromatic N) is 1. The van der Waals surface area contributed by atoms with Crippen molar-refractivity contribution >= 4 is 23.7 Å². The largest absolute Gasteiger partial charge is 0.458 e. The number of benzene rings is 1. The van der Waals surface area contributed by atoms with Gasteiger partial charge < -0.3 is 14.0 Å². The second-order valence-corrected chi connectivity index (χ2v) is 9.32. The molecule has 2 fully saturated rings. The molecular weight excluding hydrogens is 481 g/mol. The first-order valence-corrected chi connectivity index (χ1v) is 11.8. The Morgan fingerprint density at radius 1 is 1.25 bits per heavy atom. The summed E-state index contributed by atoms with van der Waals surface area (Å²) in [6, 6.07) is 4.97. The number of amides is 1. The van der Waals surface area contributed by atoms with Gasteiger partial charge in [0.15, 0.2) is 11.6 Å². The van der Waals surface area contributed by atoms with Crippen LogP contribution in [0.4, 0.5) is 23.8 Å². The molecule has 1 aromatic carbocycles. The van der Waals surface area contributed by atoms with Gasteiger partial charge in [0.25, 0.3) is 6.43 Å². The van der Waals surface area contributed by atoms with Gasteiger partial charge in [0.1, 0.15) is 23.1 Å². The molecule has 1 aliphatic carbocycles. The highest BCUT2D eigenvalue weighted by atomic mass is 19.3. The number of nitrogens with one attached hydrogen (secondary N) is 1. The van der Waals surface area contributed by atoms with Crippen LogP contribution in [0, 0.1) is 17.7 Å². The third kappa shape index (κ3) is 5.55. The number of carbonyl (C=O) groups excluding carboxylic acids is 3. The molecule has 1 saturated heterocycles. The lowest BCUT2D eigenvalue weighted by Crippen LogP contribution is -2.52. The fourth-order valence-electron chi connectivity index (χ4n) is 5.16. The van der Waals surface area contributed by atoms with E-state index in [0.29, 0.717) is 5.56 Å². The van der Waals surface area contributed by atoms with E-state index < -0.39 is 41.4 Å². The minimum Gasteiger partial charge on any atom is -0.458 e. The summed E-state index contributed by atoms with van der Waals surface area (Å²) in [5.41, 5.74) is -1.20. The van der Waals surface area contributed by atoms with Crippen LogP contribution in [0.25, 0.3) is 0 Å². The van der Waals surface area contributed by atoms with Crippen molar-refractivity contribution in [2.75, 3.05) is 12.4 Å². The Bertz CT molecular complexity index is 1110. The fourth-order valence-corrected chi connectivity index (χ4v) is 5.16. The van der Waals surface area contributed by atoms with Crippen molar-refractivity contribution in [1.82, 2.24) is 5.16 Å². The van der Waals surface area contributed by atoms with Crippen molar-refractivity contribution in [1.29, 1.82) is 0 Å². The van der Waals surface area contributed by atoms with Crippen molar-refractivity contribution in [2.45, 2.75) is 63.4 Å². The molecule has 36 heavy (non-hydrogen) atoms. The molecule has 0 radical (unpaired) electrons. The summed E-state index contributed by atoms with van der Waals surface area (Å²) >= 11 is 0. The Labute approximate surface area is 205 Å². The van der Waals surface area contributed by atoms with E-state index in [1.807, 2.05) is 0 Å². The maximum Gasteiger partial charge on any atom is 0.412 e. The molecule has 1 amide bonds. The fraction of sp³-hybridized carbons (Fsp3) is 0.520. The van der Waals surface area contributed by atoms with Gasteiger partial charge in [-0.2, -0.15) is 0 Å². The van der Waals surface area contributed by atoms with E-state index in [0.717, 1.165) is 37.8 Å². The number of hydrogen-bond acceptors (Lipinski definition) is 7. The van der Waals surface area contributed by atoms with E-state index in [1.54, 1.807) is 0 Å². The van der Waals surface area contributed by atoms with Crippen molar-refractivity contribution in [3.8, 4) is 0 Å². The van der Waals surface area contributed by atoms with Crippen LogP contribution in [0.2, 0.25) is 0 Å². The number of ketones is 1. The predicted octanol–water partition coefficient (Wildman–Crippen LogP) is 5.17. The lowest BCUT2D eigenvalue weighted by Gasteiger charge is -2.43. The lowest BCUT2D eigenvalue weighted by molar-refractivity contribution is -0.185. The van der Waals surface area contributed by atoms with Crippen LogP contribution in [0.15, 0.2) is 28.8 Å². The summed E-state index contributed by atoms with van der Waals surface area (Å²) in [6.45, 7) is 0. The highest BCUT2D eigenvalue weighted by Gasteiger charge is 2.51. The third-order valence-electron chi connectivity index (χ3n) is 7.07. The molecule has 4 rings (SSSR count). The van der Waals surface area contributed by atoms with Gasteiger partial charge in [-0.1, -0.05) is 30.1 Å². The Hall–Kier alpha value is -3.37. The number of alkyl halides is 2. The number of hydrogen-bond donors (Lipinski definition) is 1. The number of aromatic nitrogens is 1. The average molecular weight is 508 g/mol. The first-order valence-electron chi connectivity index (χ1n) is 11.8. The molecule has 2 unspecified atom stereocenters. The molecule has 1 N–H and O–H groups in total. The second kappa shape index (κ2) is 10.7. The van der Waals surface area contributed by atoms with Crippen LogP contribution < -0.4 is 5.32 Å². The van der Waals surface area contributed by atoms with Crippen molar-refractivity contribution < 1.29 is 41.6 Å². The van der Waals surface area contributed by atoms with Crippen LogP contribution in [0.3, 0.4) is 0 Å². The number of rotatable bonds is 8. The topological polar surface area (TPSA) is 108 Å². The average Bonchev–Trinajstić information content (AvgIpc) is 3.53. The number of halogens is 3. The van der Waals surface area contributed by atoms with Gasteiger partial charge in [-0.15, -0.1) is 0 Å². The number of carbonyl (C=O) groups is 3. The van der Waals surface area contributed by atoms with Gasteiger partial charge in [0.05, 0.1) is 12.7 Å². The van der Waals surface area contributed by atoms with E-state index in [2.05, 4.69) is 15.2 Å².